The highest BCUT2D eigenvalue weighted by Crippen LogP contribution is 2.00. The molecule has 0 aliphatic heterocycles. The smallest absolute Gasteiger partial charge is 0.152 e. The molecule has 0 aliphatic rings. The number of hydrogen-bond acceptors (Lipinski definition) is 2. The Bertz CT molecular complexity index is 114. The summed E-state index contributed by atoms with van der Waals surface area (Å²) in [4.78, 5) is 0. The number of aliphatic hydroxyl groups excluding tert-OH is 2. The average Bonchev–Trinajstić information content (AvgIpc) is 1.84. The fraction of sp³-hybridized carbons (Fsp3) is 0.333. The van der Waals surface area contributed by atoms with Crippen molar-refractivity contribution in [3.05, 3.63) is 24.2 Å². The minimum Gasteiger partial charge on any atom is -0.508 e. The van der Waals surface area contributed by atoms with E-state index in [9.17, 15) is 0 Å². The van der Waals surface area contributed by atoms with Gasteiger partial charge in [-0.3, -0.25) is 0 Å². The highest BCUT2D eigenvalue weighted by atomic mass is 16.3. The molecule has 0 aromatic heterocycles. The van der Waals surface area contributed by atoms with Crippen LogP contribution in [-0.2, 0) is 0 Å². The van der Waals surface area contributed by atoms with E-state index in [4.69, 9.17) is 10.2 Å². The van der Waals surface area contributed by atoms with Gasteiger partial charge in [-0.2, -0.15) is 0 Å². The average molecular weight is 114 g/mol. The molecule has 0 fully saturated rings. The molecule has 0 heterocycles. The molecule has 0 bridgehead atoms. The van der Waals surface area contributed by atoms with E-state index in [0.717, 1.165) is 0 Å². The quantitative estimate of drug-likeness (QED) is 0.425. The third-order valence-corrected chi connectivity index (χ3v) is 0.824. The molecule has 0 aromatic carbocycles. The topological polar surface area (TPSA) is 40.5 Å². The lowest BCUT2D eigenvalue weighted by Crippen LogP contribution is -1.83. The predicted molar refractivity (Wildman–Crippen MR) is 32.8 cm³/mol. The molecule has 0 unspecified atom stereocenters. The SMILES string of the molecule is C=CC(O)=C(O)CC. The summed E-state index contributed by atoms with van der Waals surface area (Å²) in [6.45, 7) is 5.01. The zero-order valence-electron chi connectivity index (χ0n) is 4.89. The van der Waals surface area contributed by atoms with Crippen LogP contribution >= 0.6 is 0 Å². The van der Waals surface area contributed by atoms with Gasteiger partial charge in [0.1, 0.15) is 5.76 Å². The van der Waals surface area contributed by atoms with Gasteiger partial charge in [0.25, 0.3) is 0 Å². The maximum Gasteiger partial charge on any atom is 0.152 e. The summed E-state index contributed by atoms with van der Waals surface area (Å²) in [6, 6.07) is 0. The van der Waals surface area contributed by atoms with Crippen LogP contribution in [0.3, 0.4) is 0 Å². The van der Waals surface area contributed by atoms with E-state index in [-0.39, 0.29) is 11.5 Å². The van der Waals surface area contributed by atoms with E-state index in [2.05, 4.69) is 6.58 Å². The van der Waals surface area contributed by atoms with Crippen molar-refractivity contribution < 1.29 is 10.2 Å². The van der Waals surface area contributed by atoms with Crippen molar-refractivity contribution in [1.29, 1.82) is 0 Å². The second-order valence-corrected chi connectivity index (χ2v) is 1.39. The fourth-order valence-electron chi connectivity index (χ4n) is 0.299. The highest BCUT2D eigenvalue weighted by molar-refractivity contribution is 5.10. The molecule has 0 spiro atoms. The molecular formula is C6H10O2. The Morgan fingerprint density at radius 3 is 2.25 bits per heavy atom. The fourth-order valence-corrected chi connectivity index (χ4v) is 0.299. The Balaban J connectivity index is 4.03. The zero-order valence-corrected chi connectivity index (χ0v) is 4.89. The van der Waals surface area contributed by atoms with E-state index >= 15 is 0 Å². The van der Waals surface area contributed by atoms with Crippen molar-refractivity contribution in [2.75, 3.05) is 0 Å². The van der Waals surface area contributed by atoms with Gasteiger partial charge in [-0.25, -0.2) is 0 Å². The molecule has 46 valence electrons. The minimum absolute atomic E-state index is 0.0139. The van der Waals surface area contributed by atoms with E-state index in [1.165, 1.54) is 6.08 Å². The number of allylic oxidation sites excluding steroid dienone is 2. The number of rotatable bonds is 2. The lowest BCUT2D eigenvalue weighted by atomic mass is 10.3. The zero-order chi connectivity index (χ0) is 6.57. The van der Waals surface area contributed by atoms with Crippen LogP contribution in [0.2, 0.25) is 0 Å². The minimum atomic E-state index is -0.132. The van der Waals surface area contributed by atoms with Crippen molar-refractivity contribution >= 4 is 0 Å². The standard InChI is InChI=1S/C6H10O2/c1-3-5(7)6(8)4-2/h3,7-8H,1,4H2,2H3. The summed E-state index contributed by atoms with van der Waals surface area (Å²) in [5, 5.41) is 17.3. The molecule has 0 aromatic rings. The van der Waals surface area contributed by atoms with Crippen molar-refractivity contribution in [1.82, 2.24) is 0 Å². The molecule has 0 atom stereocenters. The lowest BCUT2D eigenvalue weighted by molar-refractivity contribution is 0.327. The highest BCUT2D eigenvalue weighted by Gasteiger charge is 1.92. The second-order valence-electron chi connectivity index (χ2n) is 1.39. The van der Waals surface area contributed by atoms with Gasteiger partial charge in [0.05, 0.1) is 0 Å². The molecule has 0 saturated carbocycles. The molecule has 2 heteroatoms. The van der Waals surface area contributed by atoms with Crippen LogP contribution in [0.25, 0.3) is 0 Å². The van der Waals surface area contributed by atoms with E-state index in [0.29, 0.717) is 6.42 Å². The van der Waals surface area contributed by atoms with Crippen molar-refractivity contribution in [2.24, 2.45) is 0 Å². The van der Waals surface area contributed by atoms with Gasteiger partial charge >= 0.3 is 0 Å². The van der Waals surface area contributed by atoms with Crippen molar-refractivity contribution in [3.8, 4) is 0 Å². The number of hydrogen-bond donors (Lipinski definition) is 2. The molecule has 0 amide bonds. The summed E-state index contributed by atoms with van der Waals surface area (Å²) in [5.41, 5.74) is 0. The van der Waals surface area contributed by atoms with E-state index in [1.54, 1.807) is 6.92 Å². The Morgan fingerprint density at radius 2 is 2.12 bits per heavy atom. The molecule has 8 heavy (non-hydrogen) atoms. The molecule has 0 rings (SSSR count). The Labute approximate surface area is 48.8 Å². The van der Waals surface area contributed by atoms with Crippen LogP contribution < -0.4 is 0 Å². The lowest BCUT2D eigenvalue weighted by Gasteiger charge is -1.93. The van der Waals surface area contributed by atoms with Gasteiger partial charge < -0.3 is 10.2 Å². The molecule has 2 N–H and O–H groups in total. The third kappa shape index (κ3) is 1.69. The maximum atomic E-state index is 8.68. The van der Waals surface area contributed by atoms with Crippen LogP contribution in [-0.4, -0.2) is 10.2 Å². The Morgan fingerprint density at radius 1 is 1.62 bits per heavy atom. The monoisotopic (exact) mass is 114 g/mol. The van der Waals surface area contributed by atoms with Crippen LogP contribution in [0.1, 0.15) is 13.3 Å². The van der Waals surface area contributed by atoms with Crippen LogP contribution in [0.4, 0.5) is 0 Å². The van der Waals surface area contributed by atoms with Gasteiger partial charge in [-0.15, -0.1) is 0 Å². The summed E-state index contributed by atoms with van der Waals surface area (Å²) in [5.74, 6) is -0.146. The summed E-state index contributed by atoms with van der Waals surface area (Å²) < 4.78 is 0. The van der Waals surface area contributed by atoms with Gasteiger partial charge in [-0.05, 0) is 6.08 Å². The first kappa shape index (κ1) is 7.08. The van der Waals surface area contributed by atoms with Crippen LogP contribution in [0.15, 0.2) is 24.2 Å². The van der Waals surface area contributed by atoms with Gasteiger partial charge in [0, 0.05) is 6.42 Å². The Hall–Kier alpha value is -0.920. The molecule has 0 radical (unpaired) electrons. The van der Waals surface area contributed by atoms with Gasteiger partial charge in [-0.1, -0.05) is 13.5 Å². The van der Waals surface area contributed by atoms with E-state index < -0.39 is 0 Å². The van der Waals surface area contributed by atoms with Crippen LogP contribution in [0.5, 0.6) is 0 Å². The Kier molecular flexibility index (Phi) is 2.77. The summed E-state index contributed by atoms with van der Waals surface area (Å²) in [6.07, 6.45) is 1.65. The molecule has 2 nitrogen and oxygen atoms in total. The first-order valence-electron chi connectivity index (χ1n) is 2.45. The van der Waals surface area contributed by atoms with Crippen molar-refractivity contribution in [3.63, 3.8) is 0 Å². The number of aliphatic hydroxyl groups is 2. The second kappa shape index (κ2) is 3.13. The van der Waals surface area contributed by atoms with Crippen molar-refractivity contribution in [2.45, 2.75) is 13.3 Å². The van der Waals surface area contributed by atoms with E-state index in [1.807, 2.05) is 0 Å². The maximum absolute atomic E-state index is 8.68. The van der Waals surface area contributed by atoms with Gasteiger partial charge in [0.2, 0.25) is 0 Å². The third-order valence-electron chi connectivity index (χ3n) is 0.824. The predicted octanol–water partition coefficient (Wildman–Crippen LogP) is 1.91. The molecule has 0 aliphatic carbocycles. The first-order valence-corrected chi connectivity index (χ1v) is 2.45. The largest absolute Gasteiger partial charge is 0.508 e. The van der Waals surface area contributed by atoms with Gasteiger partial charge in [0.15, 0.2) is 5.76 Å². The normalized spacial score (nSPS) is 12.6. The molecule has 0 saturated heterocycles. The van der Waals surface area contributed by atoms with Crippen LogP contribution in [0, 0.1) is 0 Å². The summed E-state index contributed by atoms with van der Waals surface area (Å²) >= 11 is 0. The first-order chi connectivity index (χ1) is 3.72. The molecular weight excluding hydrogens is 104 g/mol. The summed E-state index contributed by atoms with van der Waals surface area (Å²) in [7, 11) is 0.